The Hall–Kier alpha value is -1.88. The number of hydrogen-bond donors (Lipinski definition) is 1. The first-order valence-electron chi connectivity index (χ1n) is 6.48. The summed E-state index contributed by atoms with van der Waals surface area (Å²) in [5.41, 5.74) is 5.57. The predicted octanol–water partition coefficient (Wildman–Crippen LogP) is 5.56. The molecule has 0 atom stereocenters. The molecule has 3 nitrogen and oxygen atoms in total. The minimum atomic E-state index is 0.558. The third kappa shape index (κ3) is 3.47. The lowest BCUT2D eigenvalue weighted by Crippen LogP contribution is -1.91. The van der Waals surface area contributed by atoms with Crippen molar-refractivity contribution in [2.75, 3.05) is 5.43 Å². The second-order valence-corrected chi connectivity index (χ2v) is 6.08. The molecule has 6 heteroatoms. The second-order valence-electron chi connectivity index (χ2n) is 4.41. The van der Waals surface area contributed by atoms with Crippen LogP contribution in [0, 0.1) is 0 Å². The fraction of sp³-hybridized carbons (Fsp3) is 0. The molecule has 3 aromatic rings. The number of hydrazone groups is 1. The summed E-state index contributed by atoms with van der Waals surface area (Å²) in [6.07, 6.45) is 1.59. The van der Waals surface area contributed by atoms with Crippen molar-refractivity contribution in [3.63, 3.8) is 0 Å². The third-order valence-corrected chi connectivity index (χ3v) is 4.33. The van der Waals surface area contributed by atoms with E-state index >= 15 is 0 Å². The van der Waals surface area contributed by atoms with Crippen molar-refractivity contribution in [2.45, 2.75) is 0 Å². The second kappa shape index (κ2) is 6.92. The van der Waals surface area contributed by atoms with Gasteiger partial charge >= 0.3 is 0 Å². The average molecular weight is 348 g/mol. The zero-order valence-corrected chi connectivity index (χ0v) is 13.7. The van der Waals surface area contributed by atoms with E-state index in [1.807, 2.05) is 35.7 Å². The smallest absolute Gasteiger partial charge is 0.203 e. The maximum Gasteiger partial charge on any atom is 0.203 e. The molecule has 1 heterocycles. The van der Waals surface area contributed by atoms with Crippen molar-refractivity contribution in [1.29, 1.82) is 0 Å². The largest absolute Gasteiger partial charge is 0.253 e. The summed E-state index contributed by atoms with van der Waals surface area (Å²) in [5, 5.41) is 7.95. The minimum Gasteiger partial charge on any atom is -0.253 e. The normalized spacial score (nSPS) is 11.0. The van der Waals surface area contributed by atoms with Gasteiger partial charge in [-0.05, 0) is 12.1 Å². The molecule has 0 bridgehead atoms. The number of thiazole rings is 1. The van der Waals surface area contributed by atoms with Crippen molar-refractivity contribution >= 4 is 45.9 Å². The van der Waals surface area contributed by atoms with Crippen LogP contribution in [0.1, 0.15) is 5.56 Å². The molecular weight excluding hydrogens is 337 g/mol. The van der Waals surface area contributed by atoms with Crippen LogP contribution in [0.5, 0.6) is 0 Å². The van der Waals surface area contributed by atoms with E-state index in [1.165, 1.54) is 11.3 Å². The highest BCUT2D eigenvalue weighted by molar-refractivity contribution is 7.14. The van der Waals surface area contributed by atoms with Crippen molar-refractivity contribution in [2.24, 2.45) is 5.10 Å². The van der Waals surface area contributed by atoms with Crippen LogP contribution in [0.3, 0.4) is 0 Å². The Morgan fingerprint density at radius 3 is 2.45 bits per heavy atom. The standard InChI is InChI=1S/C16H11Cl2N3S/c17-13-7-4-8-14(18)12(13)9-19-21-16-20-15(10-22-16)11-5-2-1-3-6-11/h1-10H,(H,20,21)/b19-9+. The van der Waals surface area contributed by atoms with Crippen LogP contribution in [0.15, 0.2) is 59.0 Å². The molecular formula is C16H11Cl2N3S. The summed E-state index contributed by atoms with van der Waals surface area (Å²) >= 11 is 13.6. The van der Waals surface area contributed by atoms with E-state index < -0.39 is 0 Å². The van der Waals surface area contributed by atoms with E-state index in [4.69, 9.17) is 23.2 Å². The number of anilines is 1. The van der Waals surface area contributed by atoms with Crippen LogP contribution in [0.2, 0.25) is 10.0 Å². The zero-order chi connectivity index (χ0) is 15.4. The van der Waals surface area contributed by atoms with Gasteiger partial charge in [-0.1, -0.05) is 59.6 Å². The number of benzene rings is 2. The lowest BCUT2D eigenvalue weighted by atomic mass is 10.2. The van der Waals surface area contributed by atoms with Gasteiger partial charge in [-0.25, -0.2) is 4.98 Å². The van der Waals surface area contributed by atoms with Gasteiger partial charge in [0.05, 0.1) is 22.0 Å². The molecule has 0 unspecified atom stereocenters. The molecule has 0 saturated carbocycles. The van der Waals surface area contributed by atoms with Gasteiger partial charge in [0, 0.05) is 16.5 Å². The van der Waals surface area contributed by atoms with Gasteiger partial charge in [-0.2, -0.15) is 5.10 Å². The molecule has 0 amide bonds. The first-order valence-corrected chi connectivity index (χ1v) is 8.11. The van der Waals surface area contributed by atoms with E-state index in [9.17, 15) is 0 Å². The Kier molecular flexibility index (Phi) is 4.73. The number of halogens is 2. The van der Waals surface area contributed by atoms with Gasteiger partial charge in [0.2, 0.25) is 5.13 Å². The molecule has 0 spiro atoms. The van der Waals surface area contributed by atoms with Gasteiger partial charge in [0.15, 0.2) is 0 Å². The highest BCUT2D eigenvalue weighted by Gasteiger charge is 2.04. The Morgan fingerprint density at radius 2 is 1.73 bits per heavy atom. The number of nitrogens with zero attached hydrogens (tertiary/aromatic N) is 2. The van der Waals surface area contributed by atoms with Crippen LogP contribution in [-0.2, 0) is 0 Å². The maximum absolute atomic E-state index is 6.08. The van der Waals surface area contributed by atoms with Gasteiger partial charge < -0.3 is 0 Å². The Bertz CT molecular complexity index is 780. The zero-order valence-electron chi connectivity index (χ0n) is 11.3. The van der Waals surface area contributed by atoms with E-state index in [0.717, 1.165) is 11.3 Å². The molecule has 0 aliphatic carbocycles. The molecule has 0 aliphatic rings. The fourth-order valence-electron chi connectivity index (χ4n) is 1.85. The summed E-state index contributed by atoms with van der Waals surface area (Å²) in [6.45, 7) is 0. The van der Waals surface area contributed by atoms with E-state index in [2.05, 4.69) is 15.5 Å². The van der Waals surface area contributed by atoms with Crippen LogP contribution in [-0.4, -0.2) is 11.2 Å². The molecule has 110 valence electrons. The Labute approximate surface area is 142 Å². The molecule has 1 N–H and O–H groups in total. The number of rotatable bonds is 4. The average Bonchev–Trinajstić information content (AvgIpc) is 3.00. The fourth-order valence-corrected chi connectivity index (χ4v) is 3.02. The van der Waals surface area contributed by atoms with Crippen molar-refractivity contribution in [3.05, 3.63) is 69.5 Å². The third-order valence-electron chi connectivity index (χ3n) is 2.93. The first-order chi connectivity index (χ1) is 10.7. The molecule has 0 radical (unpaired) electrons. The van der Waals surface area contributed by atoms with Crippen molar-refractivity contribution in [1.82, 2.24) is 4.98 Å². The summed E-state index contributed by atoms with van der Waals surface area (Å²) < 4.78 is 0. The Morgan fingerprint density at radius 1 is 1.00 bits per heavy atom. The Balaban J connectivity index is 1.72. The molecule has 2 aromatic carbocycles. The van der Waals surface area contributed by atoms with Crippen molar-refractivity contribution in [3.8, 4) is 11.3 Å². The van der Waals surface area contributed by atoms with Gasteiger partial charge in [0.25, 0.3) is 0 Å². The van der Waals surface area contributed by atoms with Gasteiger partial charge in [-0.3, -0.25) is 5.43 Å². The highest BCUT2D eigenvalue weighted by Crippen LogP contribution is 2.25. The summed E-state index contributed by atoms with van der Waals surface area (Å²) in [5.74, 6) is 0. The number of aromatic nitrogens is 1. The van der Waals surface area contributed by atoms with Crippen LogP contribution in [0.25, 0.3) is 11.3 Å². The molecule has 22 heavy (non-hydrogen) atoms. The monoisotopic (exact) mass is 347 g/mol. The summed E-state index contributed by atoms with van der Waals surface area (Å²) in [4.78, 5) is 4.48. The van der Waals surface area contributed by atoms with Gasteiger partial charge in [0.1, 0.15) is 0 Å². The molecule has 0 saturated heterocycles. The topological polar surface area (TPSA) is 37.3 Å². The SMILES string of the molecule is Clc1cccc(Cl)c1/C=N/Nc1nc(-c2ccccc2)cs1. The first kappa shape index (κ1) is 15.0. The minimum absolute atomic E-state index is 0.558. The van der Waals surface area contributed by atoms with Crippen LogP contribution >= 0.6 is 34.5 Å². The van der Waals surface area contributed by atoms with E-state index in [1.54, 1.807) is 24.4 Å². The molecule has 0 fully saturated rings. The molecule has 3 rings (SSSR count). The highest BCUT2D eigenvalue weighted by atomic mass is 35.5. The number of nitrogens with one attached hydrogen (secondary N) is 1. The van der Waals surface area contributed by atoms with E-state index in [0.29, 0.717) is 20.7 Å². The van der Waals surface area contributed by atoms with Crippen LogP contribution < -0.4 is 5.43 Å². The lowest BCUT2D eigenvalue weighted by Gasteiger charge is -2.00. The number of hydrogen-bond acceptors (Lipinski definition) is 4. The predicted molar refractivity (Wildman–Crippen MR) is 95.2 cm³/mol. The van der Waals surface area contributed by atoms with Crippen LogP contribution in [0.4, 0.5) is 5.13 Å². The maximum atomic E-state index is 6.08. The molecule has 0 aliphatic heterocycles. The lowest BCUT2D eigenvalue weighted by molar-refractivity contribution is 1.29. The molecule has 1 aromatic heterocycles. The summed E-state index contributed by atoms with van der Waals surface area (Å²) in [6, 6.07) is 15.3. The van der Waals surface area contributed by atoms with E-state index in [-0.39, 0.29) is 0 Å². The summed E-state index contributed by atoms with van der Waals surface area (Å²) in [7, 11) is 0. The quantitative estimate of drug-likeness (QED) is 0.495. The van der Waals surface area contributed by atoms with Crippen molar-refractivity contribution < 1.29 is 0 Å². The van der Waals surface area contributed by atoms with Gasteiger partial charge in [-0.15, -0.1) is 11.3 Å².